The van der Waals surface area contributed by atoms with Gasteiger partial charge >= 0.3 is 0 Å². The van der Waals surface area contributed by atoms with Gasteiger partial charge in [-0.15, -0.1) is 0 Å². The summed E-state index contributed by atoms with van der Waals surface area (Å²) in [6.07, 6.45) is 2.98. The minimum Gasteiger partial charge on any atom is -0.366 e. The Balaban J connectivity index is 1.62. The average molecular weight is 272 g/mol. The monoisotopic (exact) mass is 272 g/mol. The second-order valence-electron chi connectivity index (χ2n) is 5.57. The maximum Gasteiger partial charge on any atom is 0.152 e. The largest absolute Gasteiger partial charge is 0.366 e. The summed E-state index contributed by atoms with van der Waals surface area (Å²) in [6.45, 7) is 2.10. The number of anilines is 1. The van der Waals surface area contributed by atoms with Gasteiger partial charge in [-0.1, -0.05) is 0 Å². The Morgan fingerprint density at radius 1 is 1.25 bits per heavy atom. The molecule has 4 rings (SSSR count). The van der Waals surface area contributed by atoms with Crippen LogP contribution < -0.4 is 10.6 Å². The second kappa shape index (κ2) is 4.59. The molecule has 5 heteroatoms. The maximum atomic E-state index is 13.3. The van der Waals surface area contributed by atoms with Crippen LogP contribution in [0.4, 0.5) is 10.2 Å². The lowest BCUT2D eigenvalue weighted by Crippen LogP contribution is -2.35. The predicted molar refractivity (Wildman–Crippen MR) is 76.3 cm³/mol. The van der Waals surface area contributed by atoms with Crippen LogP contribution in [0, 0.1) is 5.82 Å². The number of nitrogens with zero attached hydrogens (tertiary/aromatic N) is 1. The van der Waals surface area contributed by atoms with Crippen LogP contribution in [0.1, 0.15) is 24.0 Å². The van der Waals surface area contributed by atoms with Crippen LogP contribution in [0.25, 0.3) is 11.3 Å². The summed E-state index contributed by atoms with van der Waals surface area (Å²) >= 11 is 0. The minimum absolute atomic E-state index is 0.172. The van der Waals surface area contributed by atoms with Crippen LogP contribution in [0.5, 0.6) is 0 Å². The zero-order chi connectivity index (χ0) is 13.5. The Morgan fingerprint density at radius 3 is 2.95 bits per heavy atom. The molecule has 1 aromatic heterocycles. The fourth-order valence-corrected chi connectivity index (χ4v) is 3.18. The minimum atomic E-state index is -0.172. The number of nitrogens with one attached hydrogen (secondary N) is 3. The molecule has 0 amide bonds. The zero-order valence-electron chi connectivity index (χ0n) is 11.2. The molecule has 2 aromatic rings. The fraction of sp³-hybridized carbons (Fsp3) is 0.400. The van der Waals surface area contributed by atoms with E-state index in [-0.39, 0.29) is 5.82 Å². The number of benzene rings is 1. The first-order valence-corrected chi connectivity index (χ1v) is 7.14. The lowest BCUT2D eigenvalue weighted by atomic mass is 10.1. The number of H-pyrrole nitrogens is 1. The number of piperidine rings is 1. The first-order valence-electron chi connectivity index (χ1n) is 7.14. The highest BCUT2D eigenvalue weighted by Crippen LogP contribution is 2.39. The Morgan fingerprint density at radius 2 is 2.10 bits per heavy atom. The van der Waals surface area contributed by atoms with Gasteiger partial charge in [-0.05, 0) is 49.7 Å². The van der Waals surface area contributed by atoms with Gasteiger partial charge in [0.25, 0.3) is 0 Å². The highest BCUT2D eigenvalue weighted by Gasteiger charge is 2.26. The first-order chi connectivity index (χ1) is 9.81. The van der Waals surface area contributed by atoms with Crippen LogP contribution >= 0.6 is 0 Å². The standard InChI is InChI=1S/C15H17FN4/c16-10-1-2-12-9(7-10)8-13-14(12)19-20-15(13)18-11-3-5-17-6-4-11/h1-2,7,11,17H,3-6,8H2,(H2,18,19,20). The maximum absolute atomic E-state index is 13.3. The van der Waals surface area contributed by atoms with Crippen molar-refractivity contribution in [1.82, 2.24) is 15.5 Å². The molecule has 2 aliphatic rings. The van der Waals surface area contributed by atoms with E-state index in [9.17, 15) is 4.39 Å². The lowest BCUT2D eigenvalue weighted by Gasteiger charge is -2.23. The molecule has 0 spiro atoms. The van der Waals surface area contributed by atoms with E-state index in [1.807, 2.05) is 6.07 Å². The molecule has 3 N–H and O–H groups in total. The summed E-state index contributed by atoms with van der Waals surface area (Å²) in [4.78, 5) is 0. The van der Waals surface area contributed by atoms with E-state index in [1.165, 1.54) is 11.6 Å². The highest BCUT2D eigenvalue weighted by atomic mass is 19.1. The molecule has 4 nitrogen and oxygen atoms in total. The van der Waals surface area contributed by atoms with Gasteiger partial charge in [-0.25, -0.2) is 4.39 Å². The molecule has 1 saturated heterocycles. The molecule has 0 bridgehead atoms. The van der Waals surface area contributed by atoms with E-state index < -0.39 is 0 Å². The van der Waals surface area contributed by atoms with Crippen molar-refractivity contribution in [1.29, 1.82) is 0 Å². The Hall–Kier alpha value is -1.88. The predicted octanol–water partition coefficient (Wildman–Crippen LogP) is 2.28. The molecule has 0 radical (unpaired) electrons. The van der Waals surface area contributed by atoms with Gasteiger partial charge in [0.05, 0.1) is 5.69 Å². The third-order valence-electron chi connectivity index (χ3n) is 4.25. The number of rotatable bonds is 2. The molecular formula is C15H17FN4. The average Bonchev–Trinajstić information content (AvgIpc) is 2.99. The van der Waals surface area contributed by atoms with Crippen molar-refractivity contribution in [2.24, 2.45) is 0 Å². The van der Waals surface area contributed by atoms with Crippen LogP contribution in [-0.4, -0.2) is 29.3 Å². The molecule has 1 aliphatic heterocycles. The van der Waals surface area contributed by atoms with Crippen molar-refractivity contribution in [2.45, 2.75) is 25.3 Å². The third kappa shape index (κ3) is 1.89. The number of halogens is 1. The van der Waals surface area contributed by atoms with Crippen LogP contribution in [-0.2, 0) is 6.42 Å². The fourth-order valence-electron chi connectivity index (χ4n) is 3.18. The van der Waals surface area contributed by atoms with Crippen LogP contribution in [0.3, 0.4) is 0 Å². The first kappa shape index (κ1) is 11.9. The molecule has 2 heterocycles. The number of aromatic amines is 1. The van der Waals surface area contributed by atoms with Gasteiger partial charge < -0.3 is 10.6 Å². The molecule has 104 valence electrons. The number of hydrogen-bond acceptors (Lipinski definition) is 3. The molecule has 0 saturated carbocycles. The van der Waals surface area contributed by atoms with Crippen molar-refractivity contribution < 1.29 is 4.39 Å². The molecular weight excluding hydrogens is 255 g/mol. The van der Waals surface area contributed by atoms with Gasteiger partial charge in [0.15, 0.2) is 5.82 Å². The topological polar surface area (TPSA) is 52.7 Å². The normalized spacial score (nSPS) is 17.9. The lowest BCUT2D eigenvalue weighted by molar-refractivity contribution is 0.478. The van der Waals surface area contributed by atoms with Gasteiger partial charge in [0.1, 0.15) is 5.82 Å². The van der Waals surface area contributed by atoms with Crippen LogP contribution in [0.15, 0.2) is 18.2 Å². The van der Waals surface area contributed by atoms with E-state index in [0.717, 1.165) is 55.0 Å². The highest BCUT2D eigenvalue weighted by molar-refractivity contribution is 5.78. The third-order valence-corrected chi connectivity index (χ3v) is 4.25. The van der Waals surface area contributed by atoms with E-state index >= 15 is 0 Å². The quantitative estimate of drug-likeness (QED) is 0.671. The van der Waals surface area contributed by atoms with E-state index in [0.29, 0.717) is 6.04 Å². The van der Waals surface area contributed by atoms with Crippen LogP contribution in [0.2, 0.25) is 0 Å². The van der Waals surface area contributed by atoms with Gasteiger partial charge in [0, 0.05) is 23.6 Å². The SMILES string of the molecule is Fc1ccc2c(c1)Cc1c(NC3CCNCC3)n[nH]c1-2. The summed E-state index contributed by atoms with van der Waals surface area (Å²) in [5.41, 5.74) is 4.33. The summed E-state index contributed by atoms with van der Waals surface area (Å²) in [7, 11) is 0. The van der Waals surface area contributed by atoms with E-state index in [1.54, 1.807) is 6.07 Å². The van der Waals surface area contributed by atoms with Crippen molar-refractivity contribution in [3.63, 3.8) is 0 Å². The van der Waals surface area contributed by atoms with E-state index in [2.05, 4.69) is 20.8 Å². The van der Waals surface area contributed by atoms with Gasteiger partial charge in [-0.2, -0.15) is 5.10 Å². The summed E-state index contributed by atoms with van der Waals surface area (Å²) in [5.74, 6) is 0.762. The number of hydrogen-bond donors (Lipinski definition) is 3. The molecule has 0 unspecified atom stereocenters. The van der Waals surface area contributed by atoms with Crippen molar-refractivity contribution in [3.05, 3.63) is 35.1 Å². The second-order valence-corrected chi connectivity index (χ2v) is 5.57. The molecule has 1 aliphatic carbocycles. The Labute approximate surface area is 116 Å². The van der Waals surface area contributed by atoms with Gasteiger partial charge in [0.2, 0.25) is 0 Å². The van der Waals surface area contributed by atoms with Crippen molar-refractivity contribution in [2.75, 3.05) is 18.4 Å². The van der Waals surface area contributed by atoms with Crippen molar-refractivity contribution in [3.8, 4) is 11.3 Å². The Kier molecular flexibility index (Phi) is 2.73. The number of aromatic nitrogens is 2. The summed E-state index contributed by atoms with van der Waals surface area (Å²) in [5, 5.41) is 14.4. The summed E-state index contributed by atoms with van der Waals surface area (Å²) in [6, 6.07) is 5.44. The smallest absolute Gasteiger partial charge is 0.152 e. The molecule has 1 aromatic carbocycles. The zero-order valence-corrected chi connectivity index (χ0v) is 11.2. The molecule has 0 atom stereocenters. The van der Waals surface area contributed by atoms with E-state index in [4.69, 9.17) is 0 Å². The Bertz CT molecular complexity index is 643. The summed E-state index contributed by atoms with van der Waals surface area (Å²) < 4.78 is 13.3. The molecule has 20 heavy (non-hydrogen) atoms. The number of fused-ring (bicyclic) bond motifs is 3. The van der Waals surface area contributed by atoms with Gasteiger partial charge in [-0.3, -0.25) is 5.10 Å². The van der Waals surface area contributed by atoms with Crippen molar-refractivity contribution >= 4 is 5.82 Å². The molecule has 1 fully saturated rings.